The fraction of sp³-hybridized carbons (Fsp3) is 0.929. The topological polar surface area (TPSA) is 89.7 Å². The highest BCUT2D eigenvalue weighted by Gasteiger charge is 2.45. The van der Waals surface area contributed by atoms with Crippen LogP contribution in [-0.2, 0) is 19.4 Å². The Balaban J connectivity index is 3.00. The predicted molar refractivity (Wildman–Crippen MR) is 82.7 cm³/mol. The third-order valence-electron chi connectivity index (χ3n) is 4.59. The van der Waals surface area contributed by atoms with Crippen molar-refractivity contribution in [3.63, 3.8) is 0 Å². The van der Waals surface area contributed by atoms with Crippen molar-refractivity contribution in [3.05, 3.63) is 0 Å². The Morgan fingerprint density at radius 3 is 2.29 bits per heavy atom. The Labute approximate surface area is 127 Å². The molecule has 124 valence electrons. The molecule has 0 aromatic carbocycles. The minimum Gasteiger partial charge on any atom is -0.383 e. The van der Waals surface area contributed by atoms with Gasteiger partial charge in [0.25, 0.3) is 0 Å². The largest absolute Gasteiger partial charge is 0.383 e. The first-order valence-electron chi connectivity index (χ1n) is 7.21. The minimum atomic E-state index is -3.05. The van der Waals surface area contributed by atoms with Crippen molar-refractivity contribution < 1.29 is 17.9 Å². The lowest BCUT2D eigenvalue weighted by atomic mass is 9.74. The maximum Gasteiger partial charge on any atom is 0.230 e. The van der Waals surface area contributed by atoms with Crippen LogP contribution in [0.25, 0.3) is 0 Å². The molecule has 0 aliphatic carbocycles. The highest BCUT2D eigenvalue weighted by molar-refractivity contribution is 7.91. The van der Waals surface area contributed by atoms with E-state index in [0.29, 0.717) is 19.6 Å². The maximum absolute atomic E-state index is 12.9. The normalized spacial score (nSPS) is 22.3. The molecule has 21 heavy (non-hydrogen) atoms. The van der Waals surface area contributed by atoms with Gasteiger partial charge in [-0.15, -0.1) is 0 Å². The summed E-state index contributed by atoms with van der Waals surface area (Å²) in [5.74, 6) is 0.0545. The van der Waals surface area contributed by atoms with Crippen molar-refractivity contribution in [2.45, 2.75) is 45.7 Å². The molecule has 2 N–H and O–H groups in total. The minimum absolute atomic E-state index is 0.0313. The molecular formula is C14H28N2O4S. The summed E-state index contributed by atoms with van der Waals surface area (Å²) in [6.07, 6.45) is 0.485. The Bertz CT molecular complexity index is 480. The number of methoxy groups -OCH3 is 1. The Kier molecular flexibility index (Phi) is 5.45. The molecule has 1 rings (SSSR count). The van der Waals surface area contributed by atoms with Gasteiger partial charge < -0.3 is 15.4 Å². The molecule has 1 saturated heterocycles. The number of nitrogens with two attached hydrogens (primary N) is 1. The van der Waals surface area contributed by atoms with Crippen LogP contribution >= 0.6 is 0 Å². The summed E-state index contributed by atoms with van der Waals surface area (Å²) in [6, 6.07) is -0.278. The summed E-state index contributed by atoms with van der Waals surface area (Å²) in [4.78, 5) is 14.6. The molecule has 0 aromatic heterocycles. The molecule has 0 radical (unpaired) electrons. The van der Waals surface area contributed by atoms with Crippen LogP contribution in [0.1, 0.15) is 34.1 Å². The van der Waals surface area contributed by atoms with E-state index in [1.54, 1.807) is 25.9 Å². The van der Waals surface area contributed by atoms with Crippen LogP contribution in [0.5, 0.6) is 0 Å². The van der Waals surface area contributed by atoms with E-state index in [1.165, 1.54) is 0 Å². The van der Waals surface area contributed by atoms with E-state index in [2.05, 4.69) is 0 Å². The zero-order valence-corrected chi connectivity index (χ0v) is 14.5. The van der Waals surface area contributed by atoms with Crippen LogP contribution in [0.15, 0.2) is 0 Å². The zero-order chi connectivity index (χ0) is 16.5. The molecule has 1 atom stereocenters. The van der Waals surface area contributed by atoms with Crippen LogP contribution in [0.4, 0.5) is 0 Å². The van der Waals surface area contributed by atoms with Crippen LogP contribution in [-0.4, -0.2) is 62.6 Å². The molecule has 0 aromatic rings. The molecule has 1 unspecified atom stereocenters. The summed E-state index contributed by atoms with van der Waals surface area (Å²) in [5, 5.41) is 0. The van der Waals surface area contributed by atoms with Gasteiger partial charge in [-0.3, -0.25) is 4.79 Å². The van der Waals surface area contributed by atoms with Gasteiger partial charge in [-0.2, -0.15) is 0 Å². The van der Waals surface area contributed by atoms with Crippen molar-refractivity contribution in [2.24, 2.45) is 11.1 Å². The first kappa shape index (κ1) is 18.4. The molecule has 1 aliphatic rings. The lowest BCUT2D eigenvalue weighted by molar-refractivity contribution is -0.146. The van der Waals surface area contributed by atoms with Crippen molar-refractivity contribution in [3.8, 4) is 0 Å². The summed E-state index contributed by atoms with van der Waals surface area (Å²) in [5.41, 5.74) is 4.65. The summed E-state index contributed by atoms with van der Waals surface area (Å²) in [6.45, 7) is 7.99. The molecule has 1 amide bonds. The second-order valence-corrected chi connectivity index (χ2v) is 9.12. The van der Waals surface area contributed by atoms with Crippen LogP contribution < -0.4 is 5.73 Å². The number of rotatable bonds is 6. The second-order valence-electron chi connectivity index (χ2n) is 6.89. The first-order chi connectivity index (χ1) is 9.42. The summed E-state index contributed by atoms with van der Waals surface area (Å²) >= 11 is 0. The van der Waals surface area contributed by atoms with Gasteiger partial charge in [-0.05, 0) is 34.1 Å². The number of sulfone groups is 1. The van der Waals surface area contributed by atoms with Crippen molar-refractivity contribution in [1.82, 2.24) is 4.90 Å². The average molecular weight is 320 g/mol. The lowest BCUT2D eigenvalue weighted by Crippen LogP contribution is -2.59. The third kappa shape index (κ3) is 4.17. The number of carbonyl (C=O) groups excluding carboxylic acids is 1. The SMILES string of the molecule is COCCN(C(=O)C(C)(C)C(C)(C)N)C1CCS(=O)(=O)C1. The number of carbonyl (C=O) groups is 1. The molecule has 1 aliphatic heterocycles. The van der Waals surface area contributed by atoms with Crippen LogP contribution in [0, 0.1) is 5.41 Å². The van der Waals surface area contributed by atoms with Gasteiger partial charge in [0.15, 0.2) is 9.84 Å². The third-order valence-corrected chi connectivity index (χ3v) is 6.34. The van der Waals surface area contributed by atoms with Gasteiger partial charge in [0.2, 0.25) is 5.91 Å². The monoisotopic (exact) mass is 320 g/mol. The molecule has 0 spiro atoms. The number of ether oxygens (including phenoxy) is 1. The molecular weight excluding hydrogens is 292 g/mol. The van der Waals surface area contributed by atoms with E-state index in [0.717, 1.165) is 0 Å². The molecule has 0 saturated carbocycles. The van der Waals surface area contributed by atoms with E-state index >= 15 is 0 Å². The highest BCUT2D eigenvalue weighted by Crippen LogP contribution is 2.32. The average Bonchev–Trinajstić information content (AvgIpc) is 2.68. The van der Waals surface area contributed by atoms with E-state index in [9.17, 15) is 13.2 Å². The first-order valence-corrected chi connectivity index (χ1v) is 9.04. The number of nitrogens with zero attached hydrogens (tertiary/aromatic N) is 1. The molecule has 1 heterocycles. The summed E-state index contributed by atoms with van der Waals surface area (Å²) in [7, 11) is -1.48. The molecule has 0 bridgehead atoms. The highest BCUT2D eigenvalue weighted by atomic mass is 32.2. The standard InChI is InChI=1S/C14H28N2O4S/c1-13(2,14(3,4)15)12(17)16(7-8-20-5)11-6-9-21(18,19)10-11/h11H,6-10,15H2,1-5H3. The van der Waals surface area contributed by atoms with E-state index in [4.69, 9.17) is 10.5 Å². The fourth-order valence-corrected chi connectivity index (χ4v) is 4.03. The number of hydrogen-bond acceptors (Lipinski definition) is 5. The molecule has 1 fully saturated rings. The fourth-order valence-electron chi connectivity index (χ4n) is 2.30. The molecule has 6 nitrogen and oxygen atoms in total. The zero-order valence-electron chi connectivity index (χ0n) is 13.7. The van der Waals surface area contributed by atoms with Gasteiger partial charge in [0.05, 0.1) is 23.5 Å². The van der Waals surface area contributed by atoms with E-state index < -0.39 is 20.8 Å². The smallest absolute Gasteiger partial charge is 0.230 e. The summed E-state index contributed by atoms with van der Waals surface area (Å²) < 4.78 is 28.4. The van der Waals surface area contributed by atoms with Crippen LogP contribution in [0.2, 0.25) is 0 Å². The van der Waals surface area contributed by atoms with Crippen molar-refractivity contribution in [2.75, 3.05) is 31.8 Å². The quantitative estimate of drug-likeness (QED) is 0.766. The number of hydrogen-bond donors (Lipinski definition) is 1. The van der Waals surface area contributed by atoms with Gasteiger partial charge in [0.1, 0.15) is 0 Å². The van der Waals surface area contributed by atoms with Crippen molar-refractivity contribution in [1.29, 1.82) is 0 Å². The van der Waals surface area contributed by atoms with Gasteiger partial charge >= 0.3 is 0 Å². The second kappa shape index (κ2) is 6.22. The number of amides is 1. The van der Waals surface area contributed by atoms with E-state index in [-0.39, 0.29) is 23.5 Å². The van der Waals surface area contributed by atoms with E-state index in [1.807, 2.05) is 13.8 Å². The predicted octanol–water partition coefficient (Wildman–Crippen LogP) is 0.412. The molecule has 7 heteroatoms. The lowest BCUT2D eigenvalue weighted by Gasteiger charge is -2.42. The van der Waals surface area contributed by atoms with Crippen LogP contribution in [0.3, 0.4) is 0 Å². The maximum atomic E-state index is 12.9. The van der Waals surface area contributed by atoms with Crippen molar-refractivity contribution >= 4 is 15.7 Å². The Morgan fingerprint density at radius 2 is 1.90 bits per heavy atom. The Morgan fingerprint density at radius 1 is 1.33 bits per heavy atom. The van der Waals surface area contributed by atoms with Gasteiger partial charge in [0, 0.05) is 25.2 Å². The van der Waals surface area contributed by atoms with Gasteiger partial charge in [-0.1, -0.05) is 0 Å². The van der Waals surface area contributed by atoms with Gasteiger partial charge in [-0.25, -0.2) is 8.42 Å². The Hall–Kier alpha value is -0.660.